The van der Waals surface area contributed by atoms with Crippen molar-refractivity contribution in [3.63, 3.8) is 0 Å². The first kappa shape index (κ1) is 19.4. The van der Waals surface area contributed by atoms with Crippen LogP contribution in [0.2, 0.25) is 0 Å². The van der Waals surface area contributed by atoms with Crippen LogP contribution < -0.4 is 10.6 Å². The van der Waals surface area contributed by atoms with Crippen molar-refractivity contribution < 1.29 is 12.8 Å². The fourth-order valence-corrected chi connectivity index (χ4v) is 3.49. The van der Waals surface area contributed by atoms with Gasteiger partial charge in [0.1, 0.15) is 5.82 Å². The second-order valence-corrected chi connectivity index (χ2v) is 6.93. The minimum atomic E-state index is -3.27. The van der Waals surface area contributed by atoms with Crippen LogP contribution in [0.5, 0.6) is 0 Å². The van der Waals surface area contributed by atoms with Crippen molar-refractivity contribution in [1.82, 2.24) is 14.9 Å². The number of hydrogen-bond donors (Lipinski definition) is 2. The summed E-state index contributed by atoms with van der Waals surface area (Å²) in [5.74, 6) is 0.122. The predicted molar refractivity (Wildman–Crippen MR) is 91.3 cm³/mol. The Morgan fingerprint density at radius 2 is 1.87 bits per heavy atom. The molecule has 0 atom stereocenters. The number of rotatable bonds is 8. The molecule has 0 fully saturated rings. The number of aliphatic imine (C=N–C) groups is 1. The smallest absolute Gasteiger partial charge is 0.215 e. The van der Waals surface area contributed by atoms with Gasteiger partial charge in [-0.1, -0.05) is 32.0 Å². The van der Waals surface area contributed by atoms with Gasteiger partial charge >= 0.3 is 0 Å². The lowest BCUT2D eigenvalue weighted by Crippen LogP contribution is -2.41. The summed E-state index contributed by atoms with van der Waals surface area (Å²) in [4.78, 5) is 4.00. The van der Waals surface area contributed by atoms with Crippen molar-refractivity contribution in [2.24, 2.45) is 4.99 Å². The first-order valence-corrected chi connectivity index (χ1v) is 9.21. The van der Waals surface area contributed by atoms with Gasteiger partial charge in [-0.05, 0) is 6.07 Å². The van der Waals surface area contributed by atoms with E-state index in [2.05, 4.69) is 15.6 Å². The van der Waals surface area contributed by atoms with Gasteiger partial charge in [0.05, 0.1) is 5.75 Å². The number of hydrogen-bond acceptors (Lipinski definition) is 3. The third-order valence-electron chi connectivity index (χ3n) is 3.38. The van der Waals surface area contributed by atoms with E-state index in [-0.39, 0.29) is 24.7 Å². The summed E-state index contributed by atoms with van der Waals surface area (Å²) < 4.78 is 39.1. The maximum atomic E-state index is 13.5. The molecule has 2 N–H and O–H groups in total. The summed E-state index contributed by atoms with van der Waals surface area (Å²) in [5, 5.41) is 5.89. The molecule has 0 aliphatic rings. The van der Waals surface area contributed by atoms with E-state index in [1.807, 2.05) is 13.8 Å². The molecule has 0 aromatic heterocycles. The maximum Gasteiger partial charge on any atom is 0.215 e. The Balaban J connectivity index is 2.48. The molecule has 0 spiro atoms. The predicted octanol–water partition coefficient (Wildman–Crippen LogP) is 1.16. The van der Waals surface area contributed by atoms with Gasteiger partial charge in [0.25, 0.3) is 0 Å². The summed E-state index contributed by atoms with van der Waals surface area (Å²) in [6.45, 7) is 5.04. The standard InChI is InChI=1S/C15H25FN4O2S/c1-4-20(5-2)23(21,22)11-10-18-15(17-3)19-12-13-8-6-7-9-14(13)16/h6-9H,4-5,10-12H2,1-3H3,(H2,17,18,19). The molecule has 0 saturated heterocycles. The van der Waals surface area contributed by atoms with Gasteiger partial charge in [0.15, 0.2) is 5.96 Å². The average Bonchev–Trinajstić information content (AvgIpc) is 2.52. The molecule has 1 rings (SSSR count). The number of nitrogens with zero attached hydrogens (tertiary/aromatic N) is 2. The quantitative estimate of drug-likeness (QED) is 0.548. The van der Waals surface area contributed by atoms with Crippen LogP contribution >= 0.6 is 0 Å². The summed E-state index contributed by atoms with van der Waals surface area (Å²) in [6.07, 6.45) is 0. The van der Waals surface area contributed by atoms with Crippen LogP contribution in [-0.4, -0.2) is 51.1 Å². The number of guanidine groups is 1. The minimum Gasteiger partial charge on any atom is -0.355 e. The Bertz CT molecular complexity index is 616. The molecule has 0 saturated carbocycles. The van der Waals surface area contributed by atoms with Gasteiger partial charge in [0, 0.05) is 38.8 Å². The van der Waals surface area contributed by atoms with Crippen LogP contribution in [-0.2, 0) is 16.6 Å². The van der Waals surface area contributed by atoms with Crippen LogP contribution in [0.25, 0.3) is 0 Å². The molecular formula is C15H25FN4O2S. The van der Waals surface area contributed by atoms with Gasteiger partial charge in [-0.2, -0.15) is 0 Å². The summed E-state index contributed by atoms with van der Waals surface area (Å²) in [6, 6.07) is 6.46. The molecule has 0 amide bonds. The fourth-order valence-electron chi connectivity index (χ4n) is 2.09. The Kier molecular flexibility index (Phi) is 7.97. The first-order valence-electron chi connectivity index (χ1n) is 7.60. The highest BCUT2D eigenvalue weighted by atomic mass is 32.2. The van der Waals surface area contributed by atoms with Gasteiger partial charge in [-0.25, -0.2) is 17.1 Å². The van der Waals surface area contributed by atoms with Crippen molar-refractivity contribution in [1.29, 1.82) is 0 Å². The van der Waals surface area contributed by atoms with Crippen molar-refractivity contribution in [3.05, 3.63) is 35.6 Å². The van der Waals surface area contributed by atoms with Crippen LogP contribution in [0.1, 0.15) is 19.4 Å². The largest absolute Gasteiger partial charge is 0.355 e. The highest BCUT2D eigenvalue weighted by Crippen LogP contribution is 2.05. The van der Waals surface area contributed by atoms with Gasteiger partial charge in [-0.3, -0.25) is 4.99 Å². The zero-order chi connectivity index (χ0) is 17.3. The molecule has 0 unspecified atom stereocenters. The van der Waals surface area contributed by atoms with Crippen LogP contribution in [0.4, 0.5) is 4.39 Å². The number of nitrogens with one attached hydrogen (secondary N) is 2. The van der Waals surface area contributed by atoms with Gasteiger partial charge in [-0.15, -0.1) is 0 Å². The van der Waals surface area contributed by atoms with Gasteiger partial charge in [0.2, 0.25) is 10.0 Å². The zero-order valence-corrected chi connectivity index (χ0v) is 14.7. The van der Waals surface area contributed by atoms with E-state index in [1.54, 1.807) is 25.2 Å². The first-order chi connectivity index (χ1) is 10.9. The van der Waals surface area contributed by atoms with Crippen molar-refractivity contribution in [2.75, 3.05) is 32.4 Å². The SMILES string of the molecule is CCN(CC)S(=O)(=O)CCNC(=NC)NCc1ccccc1F. The lowest BCUT2D eigenvalue weighted by atomic mass is 10.2. The van der Waals surface area contributed by atoms with Crippen LogP contribution in [0.15, 0.2) is 29.3 Å². The molecule has 6 nitrogen and oxygen atoms in total. The molecule has 130 valence electrons. The summed E-state index contributed by atoms with van der Waals surface area (Å²) in [7, 11) is -1.69. The molecule has 0 heterocycles. The molecule has 0 aliphatic carbocycles. The Morgan fingerprint density at radius 1 is 1.22 bits per heavy atom. The van der Waals surface area contributed by atoms with Crippen molar-refractivity contribution in [2.45, 2.75) is 20.4 Å². The molecule has 0 radical (unpaired) electrons. The van der Waals surface area contributed by atoms with Gasteiger partial charge < -0.3 is 10.6 Å². The normalized spacial score (nSPS) is 12.5. The van der Waals surface area contributed by atoms with E-state index in [1.165, 1.54) is 10.4 Å². The highest BCUT2D eigenvalue weighted by molar-refractivity contribution is 7.89. The monoisotopic (exact) mass is 344 g/mol. The Labute approximate surface area is 137 Å². The molecule has 8 heteroatoms. The number of benzene rings is 1. The second kappa shape index (κ2) is 9.46. The van der Waals surface area contributed by atoms with Crippen LogP contribution in [0, 0.1) is 5.82 Å². The lowest BCUT2D eigenvalue weighted by molar-refractivity contribution is 0.445. The fraction of sp³-hybridized carbons (Fsp3) is 0.533. The average molecular weight is 344 g/mol. The zero-order valence-electron chi connectivity index (χ0n) is 13.8. The van der Waals surface area contributed by atoms with Crippen molar-refractivity contribution in [3.8, 4) is 0 Å². The second-order valence-electron chi connectivity index (χ2n) is 4.84. The summed E-state index contributed by atoms with van der Waals surface area (Å²) >= 11 is 0. The molecule has 23 heavy (non-hydrogen) atoms. The van der Waals surface area contributed by atoms with E-state index in [0.717, 1.165) is 0 Å². The van der Waals surface area contributed by atoms with E-state index >= 15 is 0 Å². The lowest BCUT2D eigenvalue weighted by Gasteiger charge is -2.19. The topological polar surface area (TPSA) is 73.8 Å². The molecule has 0 aliphatic heterocycles. The molecule has 1 aromatic rings. The third-order valence-corrected chi connectivity index (χ3v) is 5.40. The maximum absolute atomic E-state index is 13.5. The highest BCUT2D eigenvalue weighted by Gasteiger charge is 2.18. The Morgan fingerprint density at radius 3 is 2.43 bits per heavy atom. The summed E-state index contributed by atoms with van der Waals surface area (Å²) in [5.41, 5.74) is 0.520. The van der Waals surface area contributed by atoms with Crippen molar-refractivity contribution >= 4 is 16.0 Å². The van der Waals surface area contributed by atoms with E-state index in [4.69, 9.17) is 0 Å². The number of sulfonamides is 1. The third kappa shape index (κ3) is 6.15. The van der Waals surface area contributed by atoms with Crippen LogP contribution in [0.3, 0.4) is 0 Å². The van der Waals surface area contributed by atoms with E-state index < -0.39 is 10.0 Å². The molecular weight excluding hydrogens is 319 g/mol. The molecule has 0 bridgehead atoms. The van der Waals surface area contributed by atoms with E-state index in [0.29, 0.717) is 24.6 Å². The Hall–Kier alpha value is -1.67. The van der Waals surface area contributed by atoms with E-state index in [9.17, 15) is 12.8 Å². The minimum absolute atomic E-state index is 0.0188. The number of halogens is 1. The molecule has 1 aromatic carbocycles.